The van der Waals surface area contributed by atoms with Crippen LogP contribution in [0.4, 0.5) is 0 Å². The van der Waals surface area contributed by atoms with Crippen molar-refractivity contribution in [1.29, 1.82) is 0 Å². The molecule has 2 fully saturated rings. The van der Waals surface area contributed by atoms with Crippen molar-refractivity contribution in [2.75, 3.05) is 6.61 Å². The number of hydrogen-bond donors (Lipinski definition) is 0. The van der Waals surface area contributed by atoms with E-state index in [1.165, 1.54) is 6.42 Å². The highest BCUT2D eigenvalue weighted by Gasteiger charge is 2.56. The third-order valence-corrected chi connectivity index (χ3v) is 6.06. The largest absolute Gasteiger partial charge is 0.466 e. The Bertz CT molecular complexity index is 566. The average Bonchev–Trinajstić information content (AvgIpc) is 2.72. The molecule has 3 aliphatic rings. The summed E-state index contributed by atoms with van der Waals surface area (Å²) in [6.07, 6.45) is 13.2. The van der Waals surface area contributed by atoms with Crippen LogP contribution < -0.4 is 0 Å². The summed E-state index contributed by atoms with van der Waals surface area (Å²) in [6.45, 7) is 6.03. The van der Waals surface area contributed by atoms with Crippen LogP contribution in [0.15, 0.2) is 24.3 Å². The van der Waals surface area contributed by atoms with E-state index < -0.39 is 5.41 Å². The van der Waals surface area contributed by atoms with E-state index in [0.717, 1.165) is 25.7 Å². The lowest BCUT2D eigenvalue weighted by molar-refractivity contribution is -0.155. The summed E-state index contributed by atoms with van der Waals surface area (Å²) in [5, 5.41) is 0. The molecule has 1 saturated carbocycles. The van der Waals surface area contributed by atoms with Crippen molar-refractivity contribution in [2.45, 2.75) is 59.0 Å². The second-order valence-corrected chi connectivity index (χ2v) is 7.85. The molecular formula is C20H28O4. The molecule has 0 radical (unpaired) electrons. The van der Waals surface area contributed by atoms with Gasteiger partial charge in [0.1, 0.15) is 6.10 Å². The molecular weight excluding hydrogens is 304 g/mol. The highest BCUT2D eigenvalue weighted by molar-refractivity contribution is 5.81. The van der Waals surface area contributed by atoms with Gasteiger partial charge in [0.2, 0.25) is 0 Å². The van der Waals surface area contributed by atoms with E-state index in [9.17, 15) is 9.59 Å². The van der Waals surface area contributed by atoms with Gasteiger partial charge in [-0.25, -0.2) is 0 Å². The van der Waals surface area contributed by atoms with Crippen molar-refractivity contribution >= 4 is 11.9 Å². The monoisotopic (exact) mass is 332 g/mol. The van der Waals surface area contributed by atoms with Crippen molar-refractivity contribution < 1.29 is 19.1 Å². The van der Waals surface area contributed by atoms with Gasteiger partial charge in [-0.2, -0.15) is 0 Å². The summed E-state index contributed by atoms with van der Waals surface area (Å²) >= 11 is 0. The topological polar surface area (TPSA) is 52.6 Å². The lowest BCUT2D eigenvalue weighted by Gasteiger charge is -2.34. The molecule has 0 bridgehead atoms. The molecule has 1 spiro atoms. The first-order valence-corrected chi connectivity index (χ1v) is 9.17. The fraction of sp³-hybridized carbons (Fsp3) is 0.700. The van der Waals surface area contributed by atoms with Crippen LogP contribution in [-0.4, -0.2) is 24.6 Å². The first-order valence-electron chi connectivity index (χ1n) is 9.17. The maximum Gasteiger partial charge on any atom is 0.313 e. The molecule has 0 amide bonds. The minimum absolute atomic E-state index is 0.0328. The van der Waals surface area contributed by atoms with Crippen LogP contribution in [0.5, 0.6) is 0 Å². The van der Waals surface area contributed by atoms with Gasteiger partial charge in [-0.3, -0.25) is 9.59 Å². The number of rotatable bonds is 3. The third kappa shape index (κ3) is 2.70. The van der Waals surface area contributed by atoms with E-state index in [2.05, 4.69) is 12.2 Å². The number of fused-ring (bicyclic) bond motifs is 2. The van der Waals surface area contributed by atoms with Gasteiger partial charge in [-0.15, -0.1) is 0 Å². The van der Waals surface area contributed by atoms with Gasteiger partial charge >= 0.3 is 11.9 Å². The zero-order chi connectivity index (χ0) is 17.4. The van der Waals surface area contributed by atoms with Gasteiger partial charge in [0.05, 0.1) is 17.4 Å². The molecule has 1 heterocycles. The van der Waals surface area contributed by atoms with Crippen LogP contribution in [0.2, 0.25) is 0 Å². The molecule has 4 nitrogen and oxygen atoms in total. The Morgan fingerprint density at radius 1 is 1.21 bits per heavy atom. The number of carbonyl (C=O) groups is 2. The molecule has 4 heteroatoms. The summed E-state index contributed by atoms with van der Waals surface area (Å²) in [5.41, 5.74) is -0.988. The van der Waals surface area contributed by atoms with Gasteiger partial charge in [0.15, 0.2) is 0 Å². The first-order chi connectivity index (χ1) is 11.4. The van der Waals surface area contributed by atoms with E-state index in [0.29, 0.717) is 6.61 Å². The molecule has 24 heavy (non-hydrogen) atoms. The summed E-state index contributed by atoms with van der Waals surface area (Å²) in [5.74, 6) is -0.193. The van der Waals surface area contributed by atoms with Crippen molar-refractivity contribution in [1.82, 2.24) is 0 Å². The number of esters is 2. The van der Waals surface area contributed by atoms with Gasteiger partial charge in [-0.05, 0) is 39.7 Å². The number of allylic oxidation sites excluding steroid dienone is 2. The van der Waals surface area contributed by atoms with E-state index in [1.54, 1.807) is 0 Å². The van der Waals surface area contributed by atoms with E-state index in [-0.39, 0.29) is 35.3 Å². The molecule has 2 aliphatic carbocycles. The Morgan fingerprint density at radius 3 is 2.54 bits per heavy atom. The predicted octanol–water partition coefficient (Wildman–Crippen LogP) is 3.81. The van der Waals surface area contributed by atoms with Crippen molar-refractivity contribution in [3.8, 4) is 0 Å². The molecule has 1 aliphatic heterocycles. The molecule has 3 unspecified atom stereocenters. The summed E-state index contributed by atoms with van der Waals surface area (Å²) in [4.78, 5) is 24.8. The van der Waals surface area contributed by atoms with Crippen LogP contribution in [0.3, 0.4) is 0 Å². The van der Waals surface area contributed by atoms with E-state index in [4.69, 9.17) is 9.47 Å². The second kappa shape index (κ2) is 6.38. The molecule has 1 saturated heterocycles. The van der Waals surface area contributed by atoms with Crippen LogP contribution >= 0.6 is 0 Å². The van der Waals surface area contributed by atoms with Gasteiger partial charge in [-0.1, -0.05) is 37.5 Å². The van der Waals surface area contributed by atoms with Crippen LogP contribution in [0, 0.1) is 22.7 Å². The van der Waals surface area contributed by atoms with Crippen LogP contribution in [0.1, 0.15) is 52.9 Å². The lowest BCUT2D eigenvalue weighted by Crippen LogP contribution is -2.35. The summed E-state index contributed by atoms with van der Waals surface area (Å²) in [7, 11) is 0. The molecule has 3 atom stereocenters. The van der Waals surface area contributed by atoms with E-state index >= 15 is 0 Å². The first kappa shape index (κ1) is 17.2. The molecule has 0 N–H and O–H groups in total. The number of carbonyl (C=O) groups excluding carboxylic acids is 2. The summed E-state index contributed by atoms with van der Waals surface area (Å²) < 4.78 is 10.9. The maximum atomic E-state index is 12.5. The minimum Gasteiger partial charge on any atom is -0.466 e. The average molecular weight is 332 g/mol. The fourth-order valence-electron chi connectivity index (χ4n) is 4.40. The molecule has 0 aromatic carbocycles. The molecule has 3 rings (SSSR count). The van der Waals surface area contributed by atoms with E-state index in [1.807, 2.05) is 32.9 Å². The molecule has 0 aromatic rings. The Morgan fingerprint density at radius 2 is 1.88 bits per heavy atom. The maximum absolute atomic E-state index is 12.5. The Balaban J connectivity index is 1.86. The van der Waals surface area contributed by atoms with Crippen LogP contribution in [-0.2, 0) is 19.1 Å². The van der Waals surface area contributed by atoms with Gasteiger partial charge in [0, 0.05) is 11.8 Å². The highest BCUT2D eigenvalue weighted by atomic mass is 16.6. The van der Waals surface area contributed by atoms with Gasteiger partial charge in [0.25, 0.3) is 0 Å². The minimum atomic E-state index is -0.634. The van der Waals surface area contributed by atoms with Crippen molar-refractivity contribution in [2.24, 2.45) is 22.7 Å². The third-order valence-electron chi connectivity index (χ3n) is 6.06. The summed E-state index contributed by atoms with van der Waals surface area (Å²) in [6, 6.07) is 0. The zero-order valence-electron chi connectivity index (χ0n) is 14.9. The quantitative estimate of drug-likeness (QED) is 0.582. The number of ether oxygens (including phenoxy) is 2. The lowest BCUT2D eigenvalue weighted by atomic mass is 9.65. The normalized spacial score (nSPS) is 31.5. The standard InChI is InChI=1S/C20H28O4/c1-4-23-17(21)19(2,3)14-8-10-15-16(11-9-14)24-18(22)20(15)12-6-5-7-13-20/h8-11,14-16H,4-7,12-13H2,1-3H3. The molecule has 0 aromatic heterocycles. The number of hydrogen-bond acceptors (Lipinski definition) is 4. The fourth-order valence-corrected chi connectivity index (χ4v) is 4.40. The highest BCUT2D eigenvalue weighted by Crippen LogP contribution is 2.52. The molecule has 132 valence electrons. The van der Waals surface area contributed by atoms with Crippen molar-refractivity contribution in [3.05, 3.63) is 24.3 Å². The smallest absolute Gasteiger partial charge is 0.313 e. The van der Waals surface area contributed by atoms with Crippen molar-refractivity contribution in [3.63, 3.8) is 0 Å². The SMILES string of the molecule is CCOC(=O)C(C)(C)C1C=CC2OC(=O)C3(CCCCC3)C2C=C1. The zero-order valence-corrected chi connectivity index (χ0v) is 14.9. The Kier molecular flexibility index (Phi) is 4.58. The second-order valence-electron chi connectivity index (χ2n) is 7.85. The Labute approximate surface area is 144 Å². The Hall–Kier alpha value is -1.58. The van der Waals surface area contributed by atoms with Crippen LogP contribution in [0.25, 0.3) is 0 Å². The van der Waals surface area contributed by atoms with Gasteiger partial charge < -0.3 is 9.47 Å². The predicted molar refractivity (Wildman–Crippen MR) is 91.1 cm³/mol.